The Bertz CT molecular complexity index is 1160. The summed E-state index contributed by atoms with van der Waals surface area (Å²) in [6.45, 7) is 0.353. The molecule has 158 valence electrons. The van der Waals surface area contributed by atoms with Crippen molar-refractivity contribution < 1.29 is 13.2 Å². The second-order valence-corrected chi connectivity index (χ2v) is 12.1. The lowest BCUT2D eigenvalue weighted by Gasteiger charge is -2.22. The van der Waals surface area contributed by atoms with Gasteiger partial charge in [0.1, 0.15) is 4.21 Å². The molecular weight excluding hydrogens is 483 g/mol. The molecule has 3 heterocycles. The number of hydrogen-bond acceptors (Lipinski definition) is 6. The summed E-state index contributed by atoms with van der Waals surface area (Å²) in [6, 6.07) is 9.88. The maximum absolute atomic E-state index is 12.9. The monoisotopic (exact) mass is 500 g/mol. The van der Waals surface area contributed by atoms with Crippen LogP contribution in [-0.4, -0.2) is 36.1 Å². The summed E-state index contributed by atoms with van der Waals surface area (Å²) in [4.78, 5) is 17.5. The first kappa shape index (κ1) is 21.9. The summed E-state index contributed by atoms with van der Waals surface area (Å²) in [7, 11) is -3.71. The number of thiophene rings is 1. The van der Waals surface area contributed by atoms with Gasteiger partial charge in [-0.15, -0.1) is 22.7 Å². The second kappa shape index (κ2) is 9.06. The largest absolute Gasteiger partial charge is 0.298 e. The van der Waals surface area contributed by atoms with Crippen LogP contribution in [0.2, 0.25) is 9.36 Å². The van der Waals surface area contributed by atoms with Crippen LogP contribution < -0.4 is 0 Å². The molecule has 2 aromatic heterocycles. The van der Waals surface area contributed by atoms with Gasteiger partial charge in [0.25, 0.3) is 10.0 Å². The molecule has 0 amide bonds. The molecule has 10 heteroatoms. The van der Waals surface area contributed by atoms with Crippen LogP contribution in [0.5, 0.6) is 0 Å². The van der Waals surface area contributed by atoms with Gasteiger partial charge in [0.05, 0.1) is 21.1 Å². The first-order valence-electron chi connectivity index (χ1n) is 9.35. The molecule has 30 heavy (non-hydrogen) atoms. The lowest BCUT2D eigenvalue weighted by molar-refractivity contribution is -0.122. The molecule has 5 nitrogen and oxygen atoms in total. The second-order valence-electron chi connectivity index (χ2n) is 6.93. The van der Waals surface area contributed by atoms with Crippen molar-refractivity contribution in [1.29, 1.82) is 0 Å². The summed E-state index contributed by atoms with van der Waals surface area (Å²) in [5.74, 6) is -0.0676. The van der Waals surface area contributed by atoms with Crippen molar-refractivity contribution in [2.75, 3.05) is 6.54 Å². The molecule has 3 aromatic rings. The number of benzene rings is 1. The third-order valence-corrected chi connectivity index (χ3v) is 9.73. The Morgan fingerprint density at radius 1 is 1.17 bits per heavy atom. The van der Waals surface area contributed by atoms with E-state index >= 15 is 0 Å². The topological polar surface area (TPSA) is 67.3 Å². The van der Waals surface area contributed by atoms with Crippen LogP contribution in [-0.2, 0) is 21.2 Å². The highest BCUT2D eigenvalue weighted by Gasteiger charge is 2.39. The number of sulfonamides is 1. The Hall–Kier alpha value is -1.29. The molecule has 1 aromatic carbocycles. The fourth-order valence-corrected chi connectivity index (χ4v) is 7.70. The quantitative estimate of drug-likeness (QED) is 0.427. The van der Waals surface area contributed by atoms with Gasteiger partial charge in [-0.1, -0.05) is 35.3 Å². The summed E-state index contributed by atoms with van der Waals surface area (Å²) >= 11 is 14.3. The SMILES string of the molecule is O=C(CCc1nc(-c2ccc(Cl)cc2)cs1)[C@@H]1CCCN1S(=O)(=O)c1ccc(Cl)s1. The summed E-state index contributed by atoms with van der Waals surface area (Å²) in [5, 5.41) is 3.47. The van der Waals surface area contributed by atoms with Gasteiger partial charge in [-0.2, -0.15) is 4.31 Å². The third-order valence-electron chi connectivity index (χ3n) is 4.96. The van der Waals surface area contributed by atoms with Crippen LogP contribution in [0.4, 0.5) is 0 Å². The molecular formula is C20H18Cl2N2O3S3. The molecule has 0 saturated carbocycles. The summed E-state index contributed by atoms with van der Waals surface area (Å²) < 4.78 is 27.8. The fourth-order valence-electron chi connectivity index (χ4n) is 3.48. The normalized spacial score (nSPS) is 17.5. The van der Waals surface area contributed by atoms with E-state index in [4.69, 9.17) is 23.2 Å². The Kier molecular flexibility index (Phi) is 6.62. The van der Waals surface area contributed by atoms with E-state index in [1.165, 1.54) is 21.7 Å². The highest BCUT2D eigenvalue weighted by atomic mass is 35.5. The molecule has 0 unspecified atom stereocenters. The molecule has 0 aliphatic carbocycles. The van der Waals surface area contributed by atoms with Crippen LogP contribution >= 0.6 is 45.9 Å². The smallest absolute Gasteiger partial charge is 0.253 e. The van der Waals surface area contributed by atoms with E-state index in [-0.39, 0.29) is 16.4 Å². The van der Waals surface area contributed by atoms with E-state index in [1.807, 2.05) is 29.6 Å². The molecule has 0 spiro atoms. The Balaban J connectivity index is 1.42. The van der Waals surface area contributed by atoms with E-state index in [2.05, 4.69) is 4.98 Å². The highest BCUT2D eigenvalue weighted by Crippen LogP contribution is 2.33. The number of Topliss-reactive ketones (excluding diaryl/α,β-unsaturated/α-hetero) is 1. The summed E-state index contributed by atoms with van der Waals surface area (Å²) in [5.41, 5.74) is 1.81. The highest BCUT2D eigenvalue weighted by molar-refractivity contribution is 7.91. The average molecular weight is 501 g/mol. The number of aryl methyl sites for hydroxylation is 1. The van der Waals surface area contributed by atoms with Crippen LogP contribution in [0.15, 0.2) is 46.0 Å². The molecule has 1 aliphatic heterocycles. The van der Waals surface area contributed by atoms with Crippen molar-refractivity contribution in [3.8, 4) is 11.3 Å². The molecule has 4 rings (SSSR count). The van der Waals surface area contributed by atoms with Gasteiger partial charge in [0.2, 0.25) is 0 Å². The molecule has 0 radical (unpaired) electrons. The van der Waals surface area contributed by atoms with Crippen LogP contribution in [0, 0.1) is 0 Å². The zero-order valence-electron chi connectivity index (χ0n) is 15.8. The minimum Gasteiger partial charge on any atom is -0.298 e. The van der Waals surface area contributed by atoms with Crippen molar-refractivity contribution in [2.24, 2.45) is 0 Å². The maximum atomic E-state index is 12.9. The number of halogens is 2. The Morgan fingerprint density at radius 3 is 2.63 bits per heavy atom. The lowest BCUT2D eigenvalue weighted by Crippen LogP contribution is -2.40. The number of thiazole rings is 1. The van der Waals surface area contributed by atoms with Crippen molar-refractivity contribution in [1.82, 2.24) is 9.29 Å². The minimum absolute atomic E-state index is 0.0676. The lowest BCUT2D eigenvalue weighted by atomic mass is 10.1. The first-order chi connectivity index (χ1) is 14.3. The van der Waals surface area contributed by atoms with Crippen molar-refractivity contribution >= 4 is 61.7 Å². The predicted molar refractivity (Wildman–Crippen MR) is 122 cm³/mol. The molecule has 1 saturated heterocycles. The van der Waals surface area contributed by atoms with E-state index in [9.17, 15) is 13.2 Å². The minimum atomic E-state index is -3.71. The zero-order valence-corrected chi connectivity index (χ0v) is 19.7. The Morgan fingerprint density at radius 2 is 1.93 bits per heavy atom. The number of hydrogen-bond donors (Lipinski definition) is 0. The van der Waals surface area contributed by atoms with Gasteiger partial charge in [0.15, 0.2) is 5.78 Å². The summed E-state index contributed by atoms with van der Waals surface area (Å²) in [6.07, 6.45) is 1.97. The number of rotatable bonds is 7. The number of ketones is 1. The predicted octanol–water partition coefficient (Wildman–Crippen LogP) is 5.53. The molecule has 0 N–H and O–H groups in total. The first-order valence-corrected chi connectivity index (χ1v) is 13.2. The van der Waals surface area contributed by atoms with Gasteiger partial charge < -0.3 is 0 Å². The van der Waals surface area contributed by atoms with Crippen LogP contribution in [0.3, 0.4) is 0 Å². The molecule has 1 fully saturated rings. The zero-order chi connectivity index (χ0) is 21.3. The Labute approximate surface area is 193 Å². The van der Waals surface area contributed by atoms with E-state index in [1.54, 1.807) is 6.07 Å². The molecule has 1 atom stereocenters. The third kappa shape index (κ3) is 4.64. The van der Waals surface area contributed by atoms with E-state index < -0.39 is 16.1 Å². The van der Waals surface area contributed by atoms with Gasteiger partial charge in [-0.05, 0) is 37.1 Å². The van der Waals surface area contributed by atoms with Crippen LogP contribution in [0.1, 0.15) is 24.3 Å². The van der Waals surface area contributed by atoms with Crippen molar-refractivity contribution in [3.63, 3.8) is 0 Å². The van der Waals surface area contributed by atoms with Crippen molar-refractivity contribution in [3.05, 3.63) is 56.1 Å². The van der Waals surface area contributed by atoms with Gasteiger partial charge in [0, 0.05) is 35.4 Å². The maximum Gasteiger partial charge on any atom is 0.253 e. The van der Waals surface area contributed by atoms with Crippen LogP contribution in [0.25, 0.3) is 11.3 Å². The van der Waals surface area contributed by atoms with E-state index in [0.29, 0.717) is 35.2 Å². The number of carbonyl (C=O) groups is 1. The van der Waals surface area contributed by atoms with Crippen molar-refractivity contribution in [2.45, 2.75) is 35.9 Å². The average Bonchev–Trinajstić information content (AvgIpc) is 3.47. The number of aromatic nitrogens is 1. The van der Waals surface area contributed by atoms with Gasteiger partial charge in [-0.3, -0.25) is 4.79 Å². The van der Waals surface area contributed by atoms with Gasteiger partial charge in [-0.25, -0.2) is 13.4 Å². The fraction of sp³-hybridized carbons (Fsp3) is 0.300. The molecule has 0 bridgehead atoms. The number of nitrogens with zero attached hydrogens (tertiary/aromatic N) is 2. The molecule has 1 aliphatic rings. The van der Waals surface area contributed by atoms with E-state index in [0.717, 1.165) is 27.6 Å². The van der Waals surface area contributed by atoms with Gasteiger partial charge >= 0.3 is 0 Å². The standard InChI is InChI=1S/C20H18Cl2N2O3S3/c21-14-5-3-13(4-6-14)15-12-28-19(23-15)9-7-17(25)16-2-1-11-24(16)30(26,27)20-10-8-18(22)29-20/h3-6,8,10,12,16H,1-2,7,9,11H2/t16-/m0/s1. The number of carbonyl (C=O) groups excluding carboxylic acids is 1.